The van der Waals surface area contributed by atoms with Crippen molar-refractivity contribution in [3.8, 4) is 0 Å². The van der Waals surface area contributed by atoms with E-state index < -0.39 is 0 Å². The summed E-state index contributed by atoms with van der Waals surface area (Å²) < 4.78 is 2.00. The van der Waals surface area contributed by atoms with Crippen LogP contribution in [-0.2, 0) is 6.54 Å². The Kier molecular flexibility index (Phi) is 4.16. The predicted molar refractivity (Wildman–Crippen MR) is 76.0 cm³/mol. The van der Waals surface area contributed by atoms with Gasteiger partial charge >= 0.3 is 0 Å². The summed E-state index contributed by atoms with van der Waals surface area (Å²) in [6, 6.07) is 5.65. The molecule has 0 aliphatic carbocycles. The molecule has 0 fully saturated rings. The van der Waals surface area contributed by atoms with Gasteiger partial charge in [-0.2, -0.15) is 0 Å². The van der Waals surface area contributed by atoms with Crippen molar-refractivity contribution in [2.24, 2.45) is 5.73 Å². The molecule has 0 atom stereocenters. The van der Waals surface area contributed by atoms with Crippen molar-refractivity contribution < 1.29 is 4.79 Å². The standard InChI is InChI=1S/C14H20N4O/c1-3-17(4-2)14(19)11-5-6-13-12(9-11)16-10-18(13)8-7-15/h5-6,9-10H,3-4,7-8,15H2,1-2H3. The van der Waals surface area contributed by atoms with E-state index in [1.807, 2.05) is 36.6 Å². The van der Waals surface area contributed by atoms with E-state index in [0.29, 0.717) is 12.1 Å². The molecule has 5 nitrogen and oxygen atoms in total. The van der Waals surface area contributed by atoms with Crippen LogP contribution in [0.3, 0.4) is 0 Å². The summed E-state index contributed by atoms with van der Waals surface area (Å²) >= 11 is 0. The maximum absolute atomic E-state index is 12.3. The third-order valence-electron chi connectivity index (χ3n) is 3.29. The summed E-state index contributed by atoms with van der Waals surface area (Å²) in [5.74, 6) is 0.0558. The molecular weight excluding hydrogens is 240 g/mol. The van der Waals surface area contributed by atoms with Crippen molar-refractivity contribution in [3.05, 3.63) is 30.1 Å². The van der Waals surface area contributed by atoms with Crippen LogP contribution in [0, 0.1) is 0 Å². The molecule has 0 bridgehead atoms. The molecule has 5 heteroatoms. The van der Waals surface area contributed by atoms with Gasteiger partial charge in [-0.05, 0) is 32.0 Å². The van der Waals surface area contributed by atoms with Crippen LogP contribution in [0.25, 0.3) is 11.0 Å². The van der Waals surface area contributed by atoms with E-state index in [1.165, 1.54) is 0 Å². The first-order valence-corrected chi connectivity index (χ1v) is 6.65. The highest BCUT2D eigenvalue weighted by Gasteiger charge is 2.13. The minimum Gasteiger partial charge on any atom is -0.339 e. The van der Waals surface area contributed by atoms with Crippen LogP contribution in [0.5, 0.6) is 0 Å². The third-order valence-corrected chi connectivity index (χ3v) is 3.29. The summed E-state index contributed by atoms with van der Waals surface area (Å²) in [7, 11) is 0. The number of nitrogens with two attached hydrogens (primary N) is 1. The molecule has 0 spiro atoms. The third kappa shape index (κ3) is 2.61. The lowest BCUT2D eigenvalue weighted by molar-refractivity contribution is 0.0773. The Bertz CT molecular complexity index is 572. The lowest BCUT2D eigenvalue weighted by Crippen LogP contribution is -2.30. The minimum absolute atomic E-state index is 0.0558. The van der Waals surface area contributed by atoms with Crippen molar-refractivity contribution in [1.29, 1.82) is 0 Å². The number of nitrogens with zero attached hydrogens (tertiary/aromatic N) is 3. The molecule has 19 heavy (non-hydrogen) atoms. The molecule has 0 saturated carbocycles. The van der Waals surface area contributed by atoms with E-state index in [4.69, 9.17) is 5.73 Å². The smallest absolute Gasteiger partial charge is 0.253 e. The second kappa shape index (κ2) is 5.84. The first-order chi connectivity index (χ1) is 9.21. The zero-order valence-electron chi connectivity index (χ0n) is 11.5. The van der Waals surface area contributed by atoms with Crippen molar-refractivity contribution >= 4 is 16.9 Å². The highest BCUT2D eigenvalue weighted by Crippen LogP contribution is 2.16. The Morgan fingerprint density at radius 1 is 1.37 bits per heavy atom. The van der Waals surface area contributed by atoms with Crippen LogP contribution in [0.4, 0.5) is 0 Å². The fraction of sp³-hybridized carbons (Fsp3) is 0.429. The molecule has 2 aromatic rings. The molecule has 1 aromatic heterocycles. The Hall–Kier alpha value is -1.88. The molecule has 0 saturated heterocycles. The van der Waals surface area contributed by atoms with Crippen LogP contribution in [0.15, 0.2) is 24.5 Å². The van der Waals surface area contributed by atoms with Gasteiger partial charge in [0.15, 0.2) is 0 Å². The van der Waals surface area contributed by atoms with Crippen LogP contribution in [-0.4, -0.2) is 40.0 Å². The number of imidazole rings is 1. The van der Waals surface area contributed by atoms with Gasteiger partial charge in [0, 0.05) is 31.7 Å². The molecule has 1 heterocycles. The Labute approximate surface area is 113 Å². The van der Waals surface area contributed by atoms with E-state index in [9.17, 15) is 4.79 Å². The van der Waals surface area contributed by atoms with Crippen LogP contribution in [0.1, 0.15) is 24.2 Å². The lowest BCUT2D eigenvalue weighted by Gasteiger charge is -2.18. The number of hydrogen-bond acceptors (Lipinski definition) is 3. The van der Waals surface area contributed by atoms with E-state index in [2.05, 4.69) is 4.98 Å². The normalized spacial score (nSPS) is 10.9. The Balaban J connectivity index is 2.34. The van der Waals surface area contributed by atoms with E-state index >= 15 is 0 Å². The number of rotatable bonds is 5. The average molecular weight is 260 g/mol. The van der Waals surface area contributed by atoms with Gasteiger partial charge in [0.25, 0.3) is 5.91 Å². The highest BCUT2D eigenvalue weighted by molar-refractivity contribution is 5.97. The zero-order chi connectivity index (χ0) is 13.8. The van der Waals surface area contributed by atoms with Crippen LogP contribution in [0.2, 0.25) is 0 Å². The van der Waals surface area contributed by atoms with Gasteiger partial charge in [0.2, 0.25) is 0 Å². The SMILES string of the molecule is CCN(CC)C(=O)c1ccc2c(c1)ncn2CCN. The van der Waals surface area contributed by atoms with Gasteiger partial charge in [0.05, 0.1) is 17.4 Å². The maximum atomic E-state index is 12.3. The minimum atomic E-state index is 0.0558. The van der Waals surface area contributed by atoms with Crippen LogP contribution >= 0.6 is 0 Å². The molecule has 0 aliphatic rings. The van der Waals surface area contributed by atoms with Gasteiger partial charge < -0.3 is 15.2 Å². The van der Waals surface area contributed by atoms with Crippen molar-refractivity contribution in [2.75, 3.05) is 19.6 Å². The van der Waals surface area contributed by atoms with E-state index in [-0.39, 0.29) is 5.91 Å². The molecule has 0 aliphatic heterocycles. The first kappa shape index (κ1) is 13.5. The van der Waals surface area contributed by atoms with Crippen molar-refractivity contribution in [2.45, 2.75) is 20.4 Å². The first-order valence-electron chi connectivity index (χ1n) is 6.65. The quantitative estimate of drug-likeness (QED) is 0.885. The summed E-state index contributed by atoms with van der Waals surface area (Å²) in [5, 5.41) is 0. The number of carbonyl (C=O) groups excluding carboxylic acids is 1. The average Bonchev–Trinajstić information content (AvgIpc) is 2.83. The number of benzene rings is 1. The van der Waals surface area contributed by atoms with Gasteiger partial charge in [0.1, 0.15) is 0 Å². The van der Waals surface area contributed by atoms with Gasteiger partial charge in [-0.1, -0.05) is 0 Å². The topological polar surface area (TPSA) is 64.2 Å². The lowest BCUT2D eigenvalue weighted by atomic mass is 10.1. The molecule has 102 valence electrons. The number of amides is 1. The Morgan fingerprint density at radius 2 is 2.11 bits per heavy atom. The summed E-state index contributed by atoms with van der Waals surface area (Å²) in [6.45, 7) is 6.71. The number of hydrogen-bond donors (Lipinski definition) is 1. The molecule has 1 aromatic carbocycles. The number of aromatic nitrogens is 2. The van der Waals surface area contributed by atoms with E-state index in [1.54, 1.807) is 11.2 Å². The molecule has 0 unspecified atom stereocenters. The second-order valence-corrected chi connectivity index (χ2v) is 4.41. The molecular formula is C14H20N4O. The second-order valence-electron chi connectivity index (χ2n) is 4.41. The fourth-order valence-electron chi connectivity index (χ4n) is 2.21. The highest BCUT2D eigenvalue weighted by atomic mass is 16.2. The number of fused-ring (bicyclic) bond motifs is 1. The van der Waals surface area contributed by atoms with Crippen molar-refractivity contribution in [1.82, 2.24) is 14.5 Å². The fourth-order valence-corrected chi connectivity index (χ4v) is 2.21. The molecule has 1 amide bonds. The monoisotopic (exact) mass is 260 g/mol. The molecule has 0 radical (unpaired) electrons. The summed E-state index contributed by atoms with van der Waals surface area (Å²) in [4.78, 5) is 18.4. The molecule has 2 rings (SSSR count). The summed E-state index contributed by atoms with van der Waals surface area (Å²) in [6.07, 6.45) is 1.77. The molecule has 2 N–H and O–H groups in total. The summed E-state index contributed by atoms with van der Waals surface area (Å²) in [5.41, 5.74) is 8.10. The number of carbonyl (C=O) groups is 1. The zero-order valence-corrected chi connectivity index (χ0v) is 11.5. The van der Waals surface area contributed by atoms with Gasteiger partial charge in [-0.25, -0.2) is 4.98 Å². The van der Waals surface area contributed by atoms with Gasteiger partial charge in [-0.15, -0.1) is 0 Å². The Morgan fingerprint density at radius 3 is 2.74 bits per heavy atom. The van der Waals surface area contributed by atoms with E-state index in [0.717, 1.165) is 30.7 Å². The van der Waals surface area contributed by atoms with Gasteiger partial charge in [-0.3, -0.25) is 4.79 Å². The predicted octanol–water partition coefficient (Wildman–Crippen LogP) is 1.48. The van der Waals surface area contributed by atoms with Crippen LogP contribution < -0.4 is 5.73 Å². The largest absolute Gasteiger partial charge is 0.339 e. The van der Waals surface area contributed by atoms with Crippen molar-refractivity contribution in [3.63, 3.8) is 0 Å². The maximum Gasteiger partial charge on any atom is 0.253 e.